The van der Waals surface area contributed by atoms with Crippen molar-refractivity contribution in [3.63, 3.8) is 0 Å². The van der Waals surface area contributed by atoms with Crippen molar-refractivity contribution in [2.45, 2.75) is 53.0 Å². The lowest BCUT2D eigenvalue weighted by atomic mass is 9.70. The van der Waals surface area contributed by atoms with Gasteiger partial charge in [-0.15, -0.1) is 0 Å². The zero-order chi connectivity index (χ0) is 14.6. The van der Waals surface area contributed by atoms with Crippen molar-refractivity contribution in [3.8, 4) is 0 Å². The van der Waals surface area contributed by atoms with Gasteiger partial charge in [0, 0.05) is 11.6 Å². The first-order chi connectivity index (χ1) is 9.47. The van der Waals surface area contributed by atoms with Crippen LogP contribution < -0.4 is 5.32 Å². The summed E-state index contributed by atoms with van der Waals surface area (Å²) in [6.45, 7) is 9.16. The zero-order valence-corrected chi connectivity index (χ0v) is 13.8. The molecule has 1 aliphatic carbocycles. The van der Waals surface area contributed by atoms with Gasteiger partial charge in [0.2, 0.25) is 0 Å². The fourth-order valence-corrected chi connectivity index (χ4v) is 3.49. The molecule has 0 aliphatic heterocycles. The quantitative estimate of drug-likeness (QED) is 0.796. The predicted molar refractivity (Wildman–Crippen MR) is 88.1 cm³/mol. The molecule has 0 spiro atoms. The van der Waals surface area contributed by atoms with E-state index in [1.807, 2.05) is 12.1 Å². The smallest absolute Gasteiger partial charge is 0.0450 e. The molecule has 0 unspecified atom stereocenters. The molecule has 2 rings (SSSR count). The second-order valence-electron chi connectivity index (χ2n) is 7.31. The molecule has 0 amide bonds. The van der Waals surface area contributed by atoms with Gasteiger partial charge in [-0.05, 0) is 61.1 Å². The average Bonchev–Trinajstić information content (AvgIpc) is 2.40. The molecule has 1 aliphatic rings. The maximum atomic E-state index is 6.18. The summed E-state index contributed by atoms with van der Waals surface area (Å²) in [6.07, 6.45) is 5.53. The van der Waals surface area contributed by atoms with E-state index in [1.54, 1.807) is 0 Å². The van der Waals surface area contributed by atoms with Crippen molar-refractivity contribution in [2.24, 2.45) is 17.3 Å². The Hall–Kier alpha value is -0.530. The molecule has 1 N–H and O–H groups in total. The van der Waals surface area contributed by atoms with Crippen LogP contribution in [0.2, 0.25) is 5.02 Å². The van der Waals surface area contributed by atoms with E-state index in [-0.39, 0.29) is 0 Å². The molecule has 1 fully saturated rings. The van der Waals surface area contributed by atoms with Crippen LogP contribution in [-0.4, -0.2) is 6.54 Å². The molecule has 1 aromatic rings. The summed E-state index contributed by atoms with van der Waals surface area (Å²) >= 11 is 6.18. The Morgan fingerprint density at radius 3 is 2.35 bits per heavy atom. The van der Waals surface area contributed by atoms with E-state index in [1.165, 1.54) is 31.2 Å². The Kier molecular flexibility index (Phi) is 5.51. The Morgan fingerprint density at radius 2 is 1.75 bits per heavy atom. The van der Waals surface area contributed by atoms with Gasteiger partial charge in [0.25, 0.3) is 0 Å². The van der Waals surface area contributed by atoms with Crippen LogP contribution in [0.4, 0.5) is 0 Å². The number of hydrogen-bond acceptors (Lipinski definition) is 1. The van der Waals surface area contributed by atoms with Gasteiger partial charge in [0.15, 0.2) is 0 Å². The van der Waals surface area contributed by atoms with E-state index >= 15 is 0 Å². The summed E-state index contributed by atoms with van der Waals surface area (Å²) in [5, 5.41) is 4.45. The van der Waals surface area contributed by atoms with Crippen LogP contribution in [0.25, 0.3) is 0 Å². The minimum Gasteiger partial charge on any atom is -0.312 e. The van der Waals surface area contributed by atoms with E-state index in [0.29, 0.717) is 5.41 Å². The number of halogens is 1. The summed E-state index contributed by atoms with van der Waals surface area (Å²) in [5.41, 5.74) is 1.69. The SMILES string of the molecule is CC(C)(C)C1CCC(CNCc2ccccc2Cl)CC1. The maximum absolute atomic E-state index is 6.18. The molecule has 0 atom stereocenters. The van der Waals surface area contributed by atoms with Crippen molar-refractivity contribution in [1.29, 1.82) is 0 Å². The van der Waals surface area contributed by atoms with Gasteiger partial charge in [0.05, 0.1) is 0 Å². The molecule has 0 bridgehead atoms. The first-order valence-electron chi connectivity index (χ1n) is 7.91. The van der Waals surface area contributed by atoms with Crippen molar-refractivity contribution in [2.75, 3.05) is 6.54 Å². The molecule has 2 heteroatoms. The average molecular weight is 294 g/mol. The summed E-state index contributed by atoms with van der Waals surface area (Å²) in [6, 6.07) is 8.11. The molecule has 20 heavy (non-hydrogen) atoms. The topological polar surface area (TPSA) is 12.0 Å². The first kappa shape index (κ1) is 15.9. The lowest BCUT2D eigenvalue weighted by Gasteiger charge is -2.37. The summed E-state index contributed by atoms with van der Waals surface area (Å²) in [5.74, 6) is 1.75. The minimum atomic E-state index is 0.482. The molecular weight excluding hydrogens is 266 g/mol. The normalized spacial score (nSPS) is 23.8. The second kappa shape index (κ2) is 6.95. The van der Waals surface area contributed by atoms with E-state index < -0.39 is 0 Å². The Morgan fingerprint density at radius 1 is 1.10 bits per heavy atom. The minimum absolute atomic E-state index is 0.482. The van der Waals surface area contributed by atoms with Gasteiger partial charge in [-0.25, -0.2) is 0 Å². The lowest BCUT2D eigenvalue weighted by Crippen LogP contribution is -2.30. The number of rotatable bonds is 4. The van der Waals surface area contributed by atoms with Crippen molar-refractivity contribution in [1.82, 2.24) is 5.32 Å². The standard InChI is InChI=1S/C18H28ClN/c1-18(2,3)16-10-8-14(9-11-16)12-20-13-15-6-4-5-7-17(15)19/h4-7,14,16,20H,8-13H2,1-3H3. The van der Waals surface area contributed by atoms with Gasteiger partial charge in [-0.2, -0.15) is 0 Å². The van der Waals surface area contributed by atoms with Gasteiger partial charge in [-0.3, -0.25) is 0 Å². The number of nitrogens with one attached hydrogen (secondary N) is 1. The van der Waals surface area contributed by atoms with Crippen LogP contribution >= 0.6 is 11.6 Å². The monoisotopic (exact) mass is 293 g/mol. The fraction of sp³-hybridized carbons (Fsp3) is 0.667. The van der Waals surface area contributed by atoms with Crippen molar-refractivity contribution < 1.29 is 0 Å². The van der Waals surface area contributed by atoms with Crippen LogP contribution in [0, 0.1) is 17.3 Å². The first-order valence-corrected chi connectivity index (χ1v) is 8.28. The lowest BCUT2D eigenvalue weighted by molar-refractivity contribution is 0.149. The summed E-state index contributed by atoms with van der Waals surface area (Å²) in [4.78, 5) is 0. The fourth-order valence-electron chi connectivity index (χ4n) is 3.29. The number of benzene rings is 1. The van der Waals surface area contributed by atoms with Crippen LogP contribution in [0.15, 0.2) is 24.3 Å². The highest BCUT2D eigenvalue weighted by Gasteiger charge is 2.29. The summed E-state index contributed by atoms with van der Waals surface area (Å²) in [7, 11) is 0. The highest BCUT2D eigenvalue weighted by molar-refractivity contribution is 6.31. The Balaban J connectivity index is 1.71. The van der Waals surface area contributed by atoms with Crippen LogP contribution in [-0.2, 0) is 6.54 Å². The van der Waals surface area contributed by atoms with Crippen molar-refractivity contribution in [3.05, 3.63) is 34.9 Å². The molecular formula is C18H28ClN. The molecule has 0 radical (unpaired) electrons. The second-order valence-corrected chi connectivity index (χ2v) is 7.71. The summed E-state index contributed by atoms with van der Waals surface area (Å²) < 4.78 is 0. The van der Waals surface area contributed by atoms with Crippen LogP contribution in [0.1, 0.15) is 52.0 Å². The molecule has 1 saturated carbocycles. The zero-order valence-electron chi connectivity index (χ0n) is 13.1. The Bertz CT molecular complexity index is 414. The molecule has 0 heterocycles. The molecule has 1 nitrogen and oxygen atoms in total. The van der Waals surface area contributed by atoms with E-state index in [2.05, 4.69) is 38.2 Å². The third-order valence-electron chi connectivity index (χ3n) is 4.78. The van der Waals surface area contributed by atoms with Crippen LogP contribution in [0.5, 0.6) is 0 Å². The van der Waals surface area contributed by atoms with E-state index in [4.69, 9.17) is 11.6 Å². The predicted octanol–water partition coefficient (Wildman–Crippen LogP) is 5.28. The Labute approximate surface area is 129 Å². The molecule has 0 saturated heterocycles. The highest BCUT2D eigenvalue weighted by atomic mass is 35.5. The molecule has 1 aromatic carbocycles. The van der Waals surface area contributed by atoms with Gasteiger partial charge < -0.3 is 5.32 Å². The number of hydrogen-bond donors (Lipinski definition) is 1. The maximum Gasteiger partial charge on any atom is 0.0450 e. The molecule has 0 aromatic heterocycles. The van der Waals surface area contributed by atoms with Crippen molar-refractivity contribution >= 4 is 11.6 Å². The highest BCUT2D eigenvalue weighted by Crippen LogP contribution is 2.39. The third kappa shape index (κ3) is 4.49. The molecule has 112 valence electrons. The van der Waals surface area contributed by atoms with Crippen LogP contribution in [0.3, 0.4) is 0 Å². The van der Waals surface area contributed by atoms with Gasteiger partial charge in [0.1, 0.15) is 0 Å². The largest absolute Gasteiger partial charge is 0.312 e. The van der Waals surface area contributed by atoms with E-state index in [0.717, 1.165) is 29.9 Å². The van der Waals surface area contributed by atoms with Gasteiger partial charge in [-0.1, -0.05) is 50.6 Å². The van der Waals surface area contributed by atoms with Gasteiger partial charge >= 0.3 is 0 Å². The van der Waals surface area contributed by atoms with E-state index in [9.17, 15) is 0 Å². The third-order valence-corrected chi connectivity index (χ3v) is 5.15.